The lowest BCUT2D eigenvalue weighted by molar-refractivity contribution is 0.327. The van der Waals surface area contributed by atoms with E-state index in [4.69, 9.17) is 10.5 Å². The summed E-state index contributed by atoms with van der Waals surface area (Å²) in [5.74, 6) is 3.81. The van der Waals surface area contributed by atoms with Gasteiger partial charge in [-0.1, -0.05) is 12.1 Å². The van der Waals surface area contributed by atoms with Gasteiger partial charge in [-0.25, -0.2) is 4.99 Å². The molecular formula is C14H22IN3OS. The summed E-state index contributed by atoms with van der Waals surface area (Å²) in [5, 5.41) is 0. The quantitative estimate of drug-likeness (QED) is 0.360. The number of hydrogen-bond acceptors (Lipinski definition) is 3. The van der Waals surface area contributed by atoms with Crippen LogP contribution in [0.2, 0.25) is 0 Å². The van der Waals surface area contributed by atoms with Gasteiger partial charge >= 0.3 is 0 Å². The van der Waals surface area contributed by atoms with Crippen LogP contribution in [0, 0.1) is 6.92 Å². The molecule has 0 aromatic heterocycles. The molecule has 1 aliphatic rings. The van der Waals surface area contributed by atoms with E-state index in [1.165, 1.54) is 5.56 Å². The van der Waals surface area contributed by atoms with Gasteiger partial charge in [-0.15, -0.1) is 24.0 Å². The zero-order chi connectivity index (χ0) is 13.5. The topological polar surface area (TPSA) is 50.9 Å². The highest BCUT2D eigenvalue weighted by Crippen LogP contribution is 2.12. The highest BCUT2D eigenvalue weighted by Gasteiger charge is 2.11. The highest BCUT2D eigenvalue weighted by molar-refractivity contribution is 14.0. The van der Waals surface area contributed by atoms with Gasteiger partial charge in [0.05, 0.1) is 6.54 Å². The van der Waals surface area contributed by atoms with Gasteiger partial charge < -0.3 is 15.4 Å². The summed E-state index contributed by atoms with van der Waals surface area (Å²) in [7, 11) is 0. The number of guanidine groups is 1. The van der Waals surface area contributed by atoms with Crippen LogP contribution in [-0.4, -0.2) is 48.6 Å². The van der Waals surface area contributed by atoms with Crippen LogP contribution in [0.3, 0.4) is 0 Å². The van der Waals surface area contributed by atoms with Crippen molar-refractivity contribution in [3.05, 3.63) is 29.8 Å². The number of thioether (sulfide) groups is 1. The van der Waals surface area contributed by atoms with Gasteiger partial charge in [0.25, 0.3) is 0 Å². The molecule has 112 valence electrons. The molecule has 1 fully saturated rings. The monoisotopic (exact) mass is 407 g/mol. The average molecular weight is 407 g/mol. The molecule has 1 saturated heterocycles. The first kappa shape index (κ1) is 17.4. The van der Waals surface area contributed by atoms with E-state index in [2.05, 4.69) is 22.9 Å². The van der Waals surface area contributed by atoms with Crippen molar-refractivity contribution in [3.8, 4) is 5.75 Å². The van der Waals surface area contributed by atoms with Gasteiger partial charge in [0.1, 0.15) is 12.4 Å². The number of halogens is 1. The summed E-state index contributed by atoms with van der Waals surface area (Å²) in [4.78, 5) is 6.51. The maximum Gasteiger partial charge on any atom is 0.191 e. The molecule has 1 aliphatic heterocycles. The van der Waals surface area contributed by atoms with Crippen LogP contribution in [0.15, 0.2) is 29.3 Å². The van der Waals surface area contributed by atoms with E-state index in [-0.39, 0.29) is 24.0 Å². The third-order valence-corrected chi connectivity index (χ3v) is 3.90. The summed E-state index contributed by atoms with van der Waals surface area (Å²) in [6, 6.07) is 8.03. The zero-order valence-corrected chi connectivity index (χ0v) is 14.9. The smallest absolute Gasteiger partial charge is 0.191 e. The summed E-state index contributed by atoms with van der Waals surface area (Å²) in [6.45, 7) is 5.21. The lowest BCUT2D eigenvalue weighted by atomic mass is 10.2. The molecule has 0 aliphatic carbocycles. The number of ether oxygens (including phenoxy) is 1. The predicted octanol–water partition coefficient (Wildman–Crippen LogP) is 2.36. The van der Waals surface area contributed by atoms with Gasteiger partial charge in [0.2, 0.25) is 0 Å². The maximum atomic E-state index is 5.96. The summed E-state index contributed by atoms with van der Waals surface area (Å²) >= 11 is 1.97. The SMILES string of the molecule is Cc1cccc(OCCN=C(N)N2CCSCC2)c1.I. The van der Waals surface area contributed by atoms with Crippen LogP contribution in [0.1, 0.15) is 5.56 Å². The van der Waals surface area contributed by atoms with E-state index in [0.717, 1.165) is 30.3 Å². The molecule has 0 spiro atoms. The van der Waals surface area contributed by atoms with Gasteiger partial charge in [0, 0.05) is 24.6 Å². The van der Waals surface area contributed by atoms with Crippen molar-refractivity contribution >= 4 is 41.7 Å². The van der Waals surface area contributed by atoms with Gasteiger partial charge in [0.15, 0.2) is 5.96 Å². The van der Waals surface area contributed by atoms with E-state index in [0.29, 0.717) is 19.1 Å². The molecule has 0 amide bonds. The van der Waals surface area contributed by atoms with Crippen molar-refractivity contribution < 1.29 is 4.74 Å². The number of benzene rings is 1. The molecule has 4 nitrogen and oxygen atoms in total. The molecule has 0 atom stereocenters. The molecule has 2 N–H and O–H groups in total. The Morgan fingerprint density at radius 3 is 2.85 bits per heavy atom. The molecule has 1 heterocycles. The van der Waals surface area contributed by atoms with Crippen LogP contribution in [0.5, 0.6) is 5.75 Å². The first-order chi connectivity index (χ1) is 9.25. The fraction of sp³-hybridized carbons (Fsp3) is 0.500. The first-order valence-electron chi connectivity index (χ1n) is 6.58. The summed E-state index contributed by atoms with van der Waals surface area (Å²) in [5.41, 5.74) is 7.16. The van der Waals surface area contributed by atoms with E-state index < -0.39 is 0 Å². The molecule has 1 aromatic rings. The molecule has 6 heteroatoms. The lowest BCUT2D eigenvalue weighted by Crippen LogP contribution is -2.42. The van der Waals surface area contributed by atoms with Crippen molar-refractivity contribution in [1.82, 2.24) is 4.90 Å². The average Bonchev–Trinajstić information content (AvgIpc) is 2.44. The van der Waals surface area contributed by atoms with Crippen molar-refractivity contribution in [2.45, 2.75) is 6.92 Å². The molecule has 0 radical (unpaired) electrons. The van der Waals surface area contributed by atoms with Crippen LogP contribution in [0.4, 0.5) is 0 Å². The van der Waals surface area contributed by atoms with Crippen LogP contribution < -0.4 is 10.5 Å². The Morgan fingerprint density at radius 1 is 1.40 bits per heavy atom. The fourth-order valence-electron chi connectivity index (χ4n) is 1.92. The second kappa shape index (κ2) is 9.33. The second-order valence-corrected chi connectivity index (χ2v) is 5.73. The largest absolute Gasteiger partial charge is 0.492 e. The minimum atomic E-state index is 0. The van der Waals surface area contributed by atoms with Gasteiger partial charge in [-0.2, -0.15) is 11.8 Å². The Bertz CT molecular complexity index is 436. The second-order valence-electron chi connectivity index (χ2n) is 4.50. The van der Waals surface area contributed by atoms with Crippen molar-refractivity contribution in [2.24, 2.45) is 10.7 Å². The number of rotatable bonds is 4. The number of aliphatic imine (C=N–C) groups is 1. The van der Waals surface area contributed by atoms with Crippen LogP contribution in [0.25, 0.3) is 0 Å². The summed E-state index contributed by atoms with van der Waals surface area (Å²) < 4.78 is 5.64. The Kier molecular flexibility index (Phi) is 8.13. The Labute approximate surface area is 142 Å². The number of nitrogens with two attached hydrogens (primary N) is 1. The Hall–Kier alpha value is -0.630. The molecule has 2 rings (SSSR count). The van der Waals surface area contributed by atoms with Crippen molar-refractivity contribution in [3.63, 3.8) is 0 Å². The minimum Gasteiger partial charge on any atom is -0.492 e. The third kappa shape index (κ3) is 5.78. The molecule has 0 bridgehead atoms. The van der Waals surface area contributed by atoms with E-state index >= 15 is 0 Å². The molecule has 20 heavy (non-hydrogen) atoms. The number of aryl methyl sites for hydroxylation is 1. The lowest BCUT2D eigenvalue weighted by Gasteiger charge is -2.27. The number of nitrogens with zero attached hydrogens (tertiary/aromatic N) is 2. The molecule has 1 aromatic carbocycles. The fourth-order valence-corrected chi connectivity index (χ4v) is 2.82. The van der Waals surface area contributed by atoms with E-state index in [9.17, 15) is 0 Å². The minimum absolute atomic E-state index is 0. The Balaban J connectivity index is 0.00000200. The molecular weight excluding hydrogens is 385 g/mol. The number of hydrogen-bond donors (Lipinski definition) is 1. The first-order valence-corrected chi connectivity index (χ1v) is 7.73. The van der Waals surface area contributed by atoms with E-state index in [1.54, 1.807) is 0 Å². The van der Waals surface area contributed by atoms with Crippen LogP contribution in [-0.2, 0) is 0 Å². The third-order valence-electron chi connectivity index (χ3n) is 2.96. The Morgan fingerprint density at radius 2 is 2.15 bits per heavy atom. The van der Waals surface area contributed by atoms with Crippen LogP contribution >= 0.6 is 35.7 Å². The zero-order valence-electron chi connectivity index (χ0n) is 11.7. The van der Waals surface area contributed by atoms with Crippen molar-refractivity contribution in [1.29, 1.82) is 0 Å². The molecule has 0 unspecified atom stereocenters. The van der Waals surface area contributed by atoms with Gasteiger partial charge in [-0.3, -0.25) is 0 Å². The maximum absolute atomic E-state index is 5.96. The normalized spacial score (nSPS) is 15.7. The summed E-state index contributed by atoms with van der Waals surface area (Å²) in [6.07, 6.45) is 0. The van der Waals surface area contributed by atoms with Gasteiger partial charge in [-0.05, 0) is 24.6 Å². The standard InChI is InChI=1S/C14H21N3OS.HI/c1-12-3-2-4-13(11-12)18-8-5-16-14(15)17-6-9-19-10-7-17;/h2-4,11H,5-10H2,1H3,(H2,15,16);1H. The van der Waals surface area contributed by atoms with E-state index in [1.807, 2.05) is 30.0 Å². The predicted molar refractivity (Wildman–Crippen MR) is 97.5 cm³/mol. The molecule has 0 saturated carbocycles. The van der Waals surface area contributed by atoms with Crippen molar-refractivity contribution in [2.75, 3.05) is 37.7 Å². The highest BCUT2D eigenvalue weighted by atomic mass is 127.